The van der Waals surface area contributed by atoms with Gasteiger partial charge >= 0.3 is 0 Å². The lowest BCUT2D eigenvalue weighted by atomic mass is 10.2. The fourth-order valence-corrected chi connectivity index (χ4v) is 3.39. The monoisotopic (exact) mass is 318 g/mol. The number of hydrogen-bond donors (Lipinski definition) is 0. The molecule has 0 fully saturated rings. The summed E-state index contributed by atoms with van der Waals surface area (Å²) in [5, 5.41) is 7.38. The molecule has 1 aliphatic rings. The number of amides is 1. The molecule has 7 heteroatoms. The molecule has 0 N–H and O–H groups in total. The van der Waals surface area contributed by atoms with Crippen LogP contribution in [0.25, 0.3) is 10.9 Å². The lowest BCUT2D eigenvalue weighted by Crippen LogP contribution is -2.38. The van der Waals surface area contributed by atoms with Crippen LogP contribution in [0, 0.1) is 0 Å². The first-order chi connectivity index (χ1) is 10.2. The second-order valence-electron chi connectivity index (χ2n) is 5.01. The minimum atomic E-state index is -0.0571. The molecule has 0 atom stereocenters. The Labute approximate surface area is 129 Å². The summed E-state index contributed by atoms with van der Waals surface area (Å²) in [5.74, 6) is -0.0571. The minimum Gasteiger partial charge on any atom is -0.341 e. The zero-order valence-corrected chi connectivity index (χ0v) is 12.6. The van der Waals surface area contributed by atoms with Crippen LogP contribution in [0.5, 0.6) is 0 Å². The smallest absolute Gasteiger partial charge is 0.275 e. The number of rotatable bonds is 1. The molecule has 0 radical (unpaired) electrons. The van der Waals surface area contributed by atoms with Crippen LogP contribution in [-0.4, -0.2) is 31.5 Å². The molecule has 2 aromatic heterocycles. The fraction of sp³-hybridized carbons (Fsp3) is 0.214. The van der Waals surface area contributed by atoms with Crippen molar-refractivity contribution in [3.8, 4) is 0 Å². The Hall–Kier alpha value is -1.92. The summed E-state index contributed by atoms with van der Waals surface area (Å²) in [5.41, 5.74) is 2.71. The van der Waals surface area contributed by atoms with Crippen molar-refractivity contribution in [1.82, 2.24) is 19.1 Å². The molecular weight excluding hydrogens is 308 g/mol. The lowest BCUT2D eigenvalue weighted by Gasteiger charge is -2.28. The Morgan fingerprint density at radius 3 is 3.00 bits per heavy atom. The highest BCUT2D eigenvalue weighted by Crippen LogP contribution is 2.27. The van der Waals surface area contributed by atoms with Crippen LogP contribution in [0.15, 0.2) is 29.6 Å². The summed E-state index contributed by atoms with van der Waals surface area (Å²) in [7, 11) is 0. The van der Waals surface area contributed by atoms with E-state index in [0.717, 1.165) is 28.2 Å². The van der Waals surface area contributed by atoms with E-state index >= 15 is 0 Å². The first-order valence-electron chi connectivity index (χ1n) is 6.56. The van der Waals surface area contributed by atoms with Crippen molar-refractivity contribution in [2.24, 2.45) is 0 Å². The molecule has 1 aromatic carbocycles. The van der Waals surface area contributed by atoms with E-state index in [0.29, 0.717) is 18.8 Å². The Morgan fingerprint density at radius 2 is 2.19 bits per heavy atom. The van der Waals surface area contributed by atoms with E-state index in [1.807, 2.05) is 23.1 Å². The topological polar surface area (TPSA) is 51.0 Å². The summed E-state index contributed by atoms with van der Waals surface area (Å²) in [4.78, 5) is 14.2. The van der Waals surface area contributed by atoms with Gasteiger partial charge in [0.1, 0.15) is 0 Å². The minimum absolute atomic E-state index is 0.0571. The molecule has 1 aliphatic heterocycles. The third kappa shape index (κ3) is 2.11. The molecule has 1 amide bonds. The Morgan fingerprint density at radius 1 is 1.29 bits per heavy atom. The van der Waals surface area contributed by atoms with Crippen LogP contribution in [0.4, 0.5) is 0 Å². The van der Waals surface area contributed by atoms with Gasteiger partial charge in [0.15, 0.2) is 5.69 Å². The number of aromatic nitrogens is 3. The van der Waals surface area contributed by atoms with Crippen molar-refractivity contribution in [2.45, 2.75) is 13.1 Å². The van der Waals surface area contributed by atoms with Gasteiger partial charge in [-0.25, -0.2) is 0 Å². The van der Waals surface area contributed by atoms with Gasteiger partial charge in [-0.2, -0.15) is 0 Å². The van der Waals surface area contributed by atoms with Gasteiger partial charge in [0, 0.05) is 40.1 Å². The van der Waals surface area contributed by atoms with Gasteiger partial charge in [-0.15, -0.1) is 5.10 Å². The maximum Gasteiger partial charge on any atom is 0.275 e. The summed E-state index contributed by atoms with van der Waals surface area (Å²) >= 11 is 7.24. The quantitative estimate of drug-likeness (QED) is 0.693. The number of carbonyl (C=O) groups is 1. The van der Waals surface area contributed by atoms with Crippen molar-refractivity contribution in [3.05, 3.63) is 46.1 Å². The molecular formula is C14H11ClN4OS. The van der Waals surface area contributed by atoms with Gasteiger partial charge < -0.3 is 9.47 Å². The first-order valence-corrected chi connectivity index (χ1v) is 7.78. The molecule has 0 bridgehead atoms. The number of benzene rings is 1. The average molecular weight is 319 g/mol. The van der Waals surface area contributed by atoms with E-state index in [1.165, 1.54) is 11.5 Å². The van der Waals surface area contributed by atoms with Crippen LogP contribution in [-0.2, 0) is 13.1 Å². The zero-order valence-electron chi connectivity index (χ0n) is 11.0. The van der Waals surface area contributed by atoms with Crippen LogP contribution >= 0.6 is 23.1 Å². The molecule has 3 heterocycles. The van der Waals surface area contributed by atoms with Gasteiger partial charge in [-0.3, -0.25) is 4.79 Å². The molecule has 5 nitrogen and oxygen atoms in total. The molecule has 106 valence electrons. The maximum atomic E-state index is 12.3. The van der Waals surface area contributed by atoms with Crippen molar-refractivity contribution >= 4 is 39.9 Å². The number of carbonyl (C=O) groups excluding carboxylic acids is 1. The van der Waals surface area contributed by atoms with Gasteiger partial charge in [0.25, 0.3) is 5.91 Å². The second kappa shape index (κ2) is 4.82. The number of fused-ring (bicyclic) bond motifs is 3. The summed E-state index contributed by atoms with van der Waals surface area (Å²) in [6.45, 7) is 2.04. The average Bonchev–Trinajstić information content (AvgIpc) is 3.12. The molecule has 0 saturated heterocycles. The third-order valence-electron chi connectivity index (χ3n) is 3.76. The fourth-order valence-electron chi connectivity index (χ4n) is 2.78. The predicted octanol–water partition coefficient (Wildman–Crippen LogP) is 2.80. The van der Waals surface area contributed by atoms with Gasteiger partial charge in [0.2, 0.25) is 0 Å². The summed E-state index contributed by atoms with van der Waals surface area (Å²) in [6.07, 6.45) is 0. The van der Waals surface area contributed by atoms with Crippen LogP contribution in [0.2, 0.25) is 5.02 Å². The molecule has 4 rings (SSSR count). The highest BCUT2D eigenvalue weighted by atomic mass is 35.5. The molecule has 21 heavy (non-hydrogen) atoms. The SMILES string of the molecule is O=C(c1csnn1)N1CCn2c(cc3cc(Cl)ccc32)C1. The lowest BCUT2D eigenvalue weighted by molar-refractivity contribution is 0.0706. The Kier molecular flexibility index (Phi) is 2.94. The third-order valence-corrected chi connectivity index (χ3v) is 4.50. The molecule has 0 unspecified atom stereocenters. The highest BCUT2D eigenvalue weighted by molar-refractivity contribution is 7.03. The summed E-state index contributed by atoms with van der Waals surface area (Å²) < 4.78 is 6.00. The van der Waals surface area contributed by atoms with Crippen molar-refractivity contribution in [1.29, 1.82) is 0 Å². The summed E-state index contributed by atoms with van der Waals surface area (Å²) in [6, 6.07) is 7.98. The Bertz CT molecular complexity index is 827. The van der Waals surface area contributed by atoms with E-state index in [2.05, 4.69) is 20.2 Å². The van der Waals surface area contributed by atoms with E-state index in [4.69, 9.17) is 11.6 Å². The van der Waals surface area contributed by atoms with Crippen molar-refractivity contribution in [2.75, 3.05) is 6.54 Å². The number of halogens is 1. The van der Waals surface area contributed by atoms with E-state index in [9.17, 15) is 4.79 Å². The second-order valence-corrected chi connectivity index (χ2v) is 6.05. The van der Waals surface area contributed by atoms with Crippen LogP contribution in [0.1, 0.15) is 16.2 Å². The molecule has 0 spiro atoms. The Balaban J connectivity index is 1.69. The largest absolute Gasteiger partial charge is 0.341 e. The van der Waals surface area contributed by atoms with Crippen LogP contribution in [0.3, 0.4) is 0 Å². The normalized spacial score (nSPS) is 14.4. The molecule has 3 aromatic rings. The molecule has 0 aliphatic carbocycles. The van der Waals surface area contributed by atoms with E-state index < -0.39 is 0 Å². The number of hydrogen-bond acceptors (Lipinski definition) is 4. The van der Waals surface area contributed by atoms with E-state index in [1.54, 1.807) is 5.38 Å². The maximum absolute atomic E-state index is 12.3. The van der Waals surface area contributed by atoms with Gasteiger partial charge in [-0.1, -0.05) is 16.1 Å². The standard InChI is InChI=1S/C14H11ClN4OS/c15-10-1-2-13-9(5-10)6-11-7-18(3-4-19(11)13)14(20)12-8-21-17-16-12/h1-2,5-6,8H,3-4,7H2. The first kappa shape index (κ1) is 12.8. The zero-order chi connectivity index (χ0) is 14.4. The van der Waals surface area contributed by atoms with Crippen molar-refractivity contribution in [3.63, 3.8) is 0 Å². The molecule has 0 saturated carbocycles. The number of nitrogens with zero attached hydrogens (tertiary/aromatic N) is 4. The highest BCUT2D eigenvalue weighted by Gasteiger charge is 2.24. The van der Waals surface area contributed by atoms with E-state index in [-0.39, 0.29) is 5.91 Å². The van der Waals surface area contributed by atoms with Gasteiger partial charge in [-0.05, 0) is 35.8 Å². The van der Waals surface area contributed by atoms with Gasteiger partial charge in [0.05, 0.1) is 6.54 Å². The van der Waals surface area contributed by atoms with Crippen molar-refractivity contribution < 1.29 is 4.79 Å². The van der Waals surface area contributed by atoms with Crippen LogP contribution < -0.4 is 0 Å². The predicted molar refractivity (Wildman–Crippen MR) is 81.6 cm³/mol.